The third-order valence-electron chi connectivity index (χ3n) is 3.04. The molecule has 0 radical (unpaired) electrons. The van der Waals surface area contributed by atoms with Crippen LogP contribution >= 0.6 is 0 Å². The fourth-order valence-electron chi connectivity index (χ4n) is 2.09. The Morgan fingerprint density at radius 3 is 2.88 bits per heavy atom. The van der Waals surface area contributed by atoms with E-state index in [4.69, 9.17) is 4.74 Å². The lowest BCUT2D eigenvalue weighted by atomic mass is 10.1. The molecule has 1 aliphatic rings. The third-order valence-corrected chi connectivity index (χ3v) is 3.04. The van der Waals surface area contributed by atoms with Gasteiger partial charge in [0, 0.05) is 19.2 Å². The average molecular weight is 221 g/mol. The highest BCUT2D eigenvalue weighted by atomic mass is 16.5. The molecule has 16 heavy (non-hydrogen) atoms. The van der Waals surface area contributed by atoms with E-state index in [9.17, 15) is 5.11 Å². The van der Waals surface area contributed by atoms with Crippen molar-refractivity contribution in [2.75, 3.05) is 19.9 Å². The minimum absolute atomic E-state index is 0.218. The Bertz CT molecular complexity index is 302. The fourth-order valence-corrected chi connectivity index (χ4v) is 2.09. The molecule has 88 valence electrons. The van der Waals surface area contributed by atoms with Gasteiger partial charge in [0.05, 0.1) is 13.3 Å². The smallest absolute Gasteiger partial charge is 0.0996 e. The second-order valence-corrected chi connectivity index (χ2v) is 4.25. The normalized spacial score (nSPS) is 22.9. The van der Waals surface area contributed by atoms with E-state index in [1.807, 2.05) is 18.2 Å². The molecular weight excluding hydrogens is 202 g/mol. The first-order chi connectivity index (χ1) is 7.90. The summed E-state index contributed by atoms with van der Waals surface area (Å²) in [4.78, 5) is 2.21. The highest BCUT2D eigenvalue weighted by Crippen LogP contribution is 2.15. The number of ether oxygens (including phenoxy) is 1. The maximum absolute atomic E-state index is 9.37. The molecule has 0 unspecified atom stereocenters. The number of benzene rings is 1. The van der Waals surface area contributed by atoms with Crippen LogP contribution in [-0.4, -0.2) is 36.0 Å². The van der Waals surface area contributed by atoms with Crippen LogP contribution in [0, 0.1) is 0 Å². The topological polar surface area (TPSA) is 32.7 Å². The van der Waals surface area contributed by atoms with Gasteiger partial charge in [0.15, 0.2) is 0 Å². The molecule has 1 saturated heterocycles. The van der Waals surface area contributed by atoms with Gasteiger partial charge in [-0.1, -0.05) is 30.3 Å². The Hall–Kier alpha value is -0.900. The van der Waals surface area contributed by atoms with Crippen molar-refractivity contribution < 1.29 is 9.84 Å². The first kappa shape index (κ1) is 11.6. The molecule has 0 aliphatic carbocycles. The Labute approximate surface area is 96.6 Å². The van der Waals surface area contributed by atoms with Gasteiger partial charge in [-0.2, -0.15) is 0 Å². The zero-order chi connectivity index (χ0) is 11.2. The molecule has 2 rings (SSSR count). The highest BCUT2D eigenvalue weighted by Gasteiger charge is 2.20. The quantitative estimate of drug-likeness (QED) is 0.842. The van der Waals surface area contributed by atoms with E-state index in [0.717, 1.165) is 26.0 Å². The van der Waals surface area contributed by atoms with Gasteiger partial charge in [-0.05, 0) is 18.4 Å². The number of aliphatic hydroxyl groups is 1. The standard InChI is InChI=1S/C13H19NO2/c15-10-13-7-4-8-16-11-14(13)9-12-5-2-1-3-6-12/h1-3,5-6,13,15H,4,7-11H2/t13-/m0/s1. The molecule has 1 N–H and O–H groups in total. The first-order valence-corrected chi connectivity index (χ1v) is 5.86. The van der Waals surface area contributed by atoms with Crippen molar-refractivity contribution in [1.82, 2.24) is 4.90 Å². The molecule has 1 heterocycles. The molecule has 0 bridgehead atoms. The van der Waals surface area contributed by atoms with Crippen molar-refractivity contribution in [2.24, 2.45) is 0 Å². The minimum atomic E-state index is 0.218. The van der Waals surface area contributed by atoms with Gasteiger partial charge in [-0.25, -0.2) is 0 Å². The number of rotatable bonds is 3. The van der Waals surface area contributed by atoms with E-state index < -0.39 is 0 Å². The number of hydrogen-bond donors (Lipinski definition) is 1. The van der Waals surface area contributed by atoms with Gasteiger partial charge in [-0.3, -0.25) is 4.90 Å². The monoisotopic (exact) mass is 221 g/mol. The summed E-state index contributed by atoms with van der Waals surface area (Å²) in [5.41, 5.74) is 1.27. The zero-order valence-electron chi connectivity index (χ0n) is 9.51. The summed E-state index contributed by atoms with van der Waals surface area (Å²) in [6.45, 7) is 2.50. The Morgan fingerprint density at radius 1 is 1.31 bits per heavy atom. The van der Waals surface area contributed by atoms with Crippen LogP contribution in [0.5, 0.6) is 0 Å². The van der Waals surface area contributed by atoms with Crippen molar-refractivity contribution in [3.05, 3.63) is 35.9 Å². The molecule has 1 aromatic carbocycles. The zero-order valence-corrected chi connectivity index (χ0v) is 9.51. The summed E-state index contributed by atoms with van der Waals surface area (Å²) in [7, 11) is 0. The molecule has 3 heteroatoms. The van der Waals surface area contributed by atoms with Crippen LogP contribution in [0.3, 0.4) is 0 Å². The van der Waals surface area contributed by atoms with Crippen molar-refractivity contribution >= 4 is 0 Å². The summed E-state index contributed by atoms with van der Waals surface area (Å²) < 4.78 is 5.53. The summed E-state index contributed by atoms with van der Waals surface area (Å²) in [5, 5.41) is 9.37. The van der Waals surface area contributed by atoms with Crippen LogP contribution in [-0.2, 0) is 11.3 Å². The van der Waals surface area contributed by atoms with E-state index in [1.54, 1.807) is 0 Å². The molecule has 0 spiro atoms. The molecule has 1 atom stereocenters. The van der Waals surface area contributed by atoms with Crippen LogP contribution in [0.1, 0.15) is 18.4 Å². The van der Waals surface area contributed by atoms with Crippen LogP contribution < -0.4 is 0 Å². The summed E-state index contributed by atoms with van der Waals surface area (Å²) in [6.07, 6.45) is 2.06. The molecule has 3 nitrogen and oxygen atoms in total. The van der Waals surface area contributed by atoms with Crippen molar-refractivity contribution in [2.45, 2.75) is 25.4 Å². The molecule has 1 fully saturated rings. The first-order valence-electron chi connectivity index (χ1n) is 5.86. The number of nitrogens with zero attached hydrogens (tertiary/aromatic N) is 1. The molecular formula is C13H19NO2. The van der Waals surface area contributed by atoms with E-state index in [2.05, 4.69) is 17.0 Å². The lowest BCUT2D eigenvalue weighted by molar-refractivity contribution is 0.0101. The Balaban J connectivity index is 2.00. The summed E-state index contributed by atoms with van der Waals surface area (Å²) in [6, 6.07) is 10.6. The molecule has 0 saturated carbocycles. The molecule has 0 amide bonds. The fraction of sp³-hybridized carbons (Fsp3) is 0.538. The average Bonchev–Trinajstić information content (AvgIpc) is 2.55. The maximum atomic E-state index is 9.37. The minimum Gasteiger partial charge on any atom is -0.395 e. The van der Waals surface area contributed by atoms with Crippen LogP contribution in [0.25, 0.3) is 0 Å². The van der Waals surface area contributed by atoms with Gasteiger partial charge >= 0.3 is 0 Å². The maximum Gasteiger partial charge on any atom is 0.0996 e. The highest BCUT2D eigenvalue weighted by molar-refractivity contribution is 5.14. The molecule has 1 aromatic rings. The molecule has 0 aromatic heterocycles. The van der Waals surface area contributed by atoms with Crippen molar-refractivity contribution in [3.63, 3.8) is 0 Å². The lowest BCUT2D eigenvalue weighted by Gasteiger charge is -2.27. The summed E-state index contributed by atoms with van der Waals surface area (Å²) >= 11 is 0. The third kappa shape index (κ3) is 3.04. The second-order valence-electron chi connectivity index (χ2n) is 4.25. The van der Waals surface area contributed by atoms with E-state index >= 15 is 0 Å². The van der Waals surface area contributed by atoms with E-state index in [1.165, 1.54) is 5.56 Å². The van der Waals surface area contributed by atoms with Crippen molar-refractivity contribution in [3.8, 4) is 0 Å². The SMILES string of the molecule is OC[C@@H]1CCCOCN1Cc1ccccc1. The van der Waals surface area contributed by atoms with Crippen molar-refractivity contribution in [1.29, 1.82) is 0 Å². The van der Waals surface area contributed by atoms with Gasteiger partial charge < -0.3 is 9.84 Å². The van der Waals surface area contributed by atoms with Gasteiger partial charge in [0.1, 0.15) is 0 Å². The largest absolute Gasteiger partial charge is 0.395 e. The predicted octanol–water partition coefficient (Wildman–Crippen LogP) is 1.62. The van der Waals surface area contributed by atoms with Gasteiger partial charge in [0.25, 0.3) is 0 Å². The van der Waals surface area contributed by atoms with Crippen LogP contribution in [0.15, 0.2) is 30.3 Å². The lowest BCUT2D eigenvalue weighted by Crippen LogP contribution is -2.37. The van der Waals surface area contributed by atoms with Gasteiger partial charge in [-0.15, -0.1) is 0 Å². The Kier molecular flexibility index (Phi) is 4.34. The van der Waals surface area contributed by atoms with E-state index in [0.29, 0.717) is 6.73 Å². The number of hydrogen-bond acceptors (Lipinski definition) is 3. The second kappa shape index (κ2) is 5.99. The van der Waals surface area contributed by atoms with Crippen LogP contribution in [0.4, 0.5) is 0 Å². The van der Waals surface area contributed by atoms with Gasteiger partial charge in [0.2, 0.25) is 0 Å². The summed E-state index contributed by atoms with van der Waals surface area (Å²) in [5.74, 6) is 0. The number of aliphatic hydroxyl groups excluding tert-OH is 1. The molecule has 1 aliphatic heterocycles. The van der Waals surface area contributed by atoms with Crippen LogP contribution in [0.2, 0.25) is 0 Å². The van der Waals surface area contributed by atoms with E-state index in [-0.39, 0.29) is 12.6 Å². The predicted molar refractivity (Wildman–Crippen MR) is 62.9 cm³/mol. The Morgan fingerprint density at radius 2 is 2.12 bits per heavy atom.